The third-order valence-electron chi connectivity index (χ3n) is 3.22. The number of benzene rings is 2. The molecule has 0 saturated carbocycles. The van der Waals surface area contributed by atoms with Crippen LogP contribution >= 0.6 is 8.03 Å². The lowest BCUT2D eigenvalue weighted by Gasteiger charge is -2.13. The molecular formula is C16H19O2P. The van der Waals surface area contributed by atoms with Gasteiger partial charge in [-0.25, -0.2) is 0 Å². The summed E-state index contributed by atoms with van der Waals surface area (Å²) in [6.45, 7) is 4.52. The van der Waals surface area contributed by atoms with Crippen LogP contribution < -0.4 is 5.30 Å². The molecule has 0 aliphatic rings. The molecule has 2 aromatic rings. The molecule has 100 valence electrons. The van der Waals surface area contributed by atoms with Crippen LogP contribution in [0.5, 0.6) is 0 Å². The summed E-state index contributed by atoms with van der Waals surface area (Å²) in [5.74, 6) is 0.338. The summed E-state index contributed by atoms with van der Waals surface area (Å²) in [4.78, 5) is 0. The monoisotopic (exact) mass is 274 g/mol. The van der Waals surface area contributed by atoms with Crippen LogP contribution in [-0.4, -0.2) is 6.61 Å². The zero-order chi connectivity index (χ0) is 13.7. The molecular weight excluding hydrogens is 255 g/mol. The first kappa shape index (κ1) is 14.0. The van der Waals surface area contributed by atoms with E-state index < -0.39 is 8.03 Å². The summed E-state index contributed by atoms with van der Waals surface area (Å²) in [6.07, 6.45) is 0. The molecule has 0 aliphatic carbocycles. The average Bonchev–Trinajstić information content (AvgIpc) is 2.48. The highest BCUT2D eigenvalue weighted by atomic mass is 31.1. The van der Waals surface area contributed by atoms with Gasteiger partial charge in [0.15, 0.2) is 0 Å². The normalized spacial score (nSPS) is 14.0. The molecule has 3 heteroatoms. The zero-order valence-electron chi connectivity index (χ0n) is 11.3. The summed E-state index contributed by atoms with van der Waals surface area (Å²) in [6, 6.07) is 18.3. The predicted molar refractivity (Wildman–Crippen MR) is 80.7 cm³/mol. The molecule has 2 aromatic carbocycles. The van der Waals surface area contributed by atoms with E-state index in [4.69, 9.17) is 4.52 Å². The Hall–Kier alpha value is -1.37. The first-order valence-corrected chi connectivity index (χ1v) is 7.86. The van der Waals surface area contributed by atoms with Crippen molar-refractivity contribution in [1.82, 2.24) is 0 Å². The van der Waals surface area contributed by atoms with Crippen LogP contribution in [0, 0.1) is 0 Å². The Labute approximate surface area is 115 Å². The van der Waals surface area contributed by atoms with Crippen LogP contribution in [0.4, 0.5) is 0 Å². The Kier molecular flexibility index (Phi) is 4.95. The second kappa shape index (κ2) is 6.70. The quantitative estimate of drug-likeness (QED) is 0.771. The van der Waals surface area contributed by atoms with E-state index in [-0.39, 0.29) is 0 Å². The van der Waals surface area contributed by atoms with E-state index in [1.807, 2.05) is 49.4 Å². The molecule has 0 amide bonds. The van der Waals surface area contributed by atoms with Crippen molar-refractivity contribution >= 4 is 13.3 Å². The minimum absolute atomic E-state index is 0.338. The maximum Gasteiger partial charge on any atom is 0.220 e. The van der Waals surface area contributed by atoms with Crippen LogP contribution in [-0.2, 0) is 9.09 Å². The maximum atomic E-state index is 11.8. The SMILES string of the molecule is CCO[PH](=O)c1ccc(C(C)c2ccccc2)cc1. The lowest BCUT2D eigenvalue weighted by molar-refractivity contribution is 0.357. The van der Waals surface area contributed by atoms with E-state index in [1.54, 1.807) is 0 Å². The molecule has 0 fully saturated rings. The van der Waals surface area contributed by atoms with Gasteiger partial charge in [-0.3, -0.25) is 4.57 Å². The highest BCUT2D eigenvalue weighted by molar-refractivity contribution is 7.48. The van der Waals surface area contributed by atoms with E-state index >= 15 is 0 Å². The van der Waals surface area contributed by atoms with Crippen LogP contribution in [0.15, 0.2) is 54.6 Å². The predicted octanol–water partition coefficient (Wildman–Crippen LogP) is 3.97. The summed E-state index contributed by atoms with van der Waals surface area (Å²) in [7, 11) is -2.07. The van der Waals surface area contributed by atoms with Crippen molar-refractivity contribution in [2.45, 2.75) is 19.8 Å². The van der Waals surface area contributed by atoms with Gasteiger partial charge in [-0.2, -0.15) is 0 Å². The van der Waals surface area contributed by atoms with Gasteiger partial charge in [0.2, 0.25) is 8.03 Å². The molecule has 2 atom stereocenters. The van der Waals surface area contributed by atoms with Crippen molar-refractivity contribution in [3.8, 4) is 0 Å². The topological polar surface area (TPSA) is 26.3 Å². The molecule has 0 heterocycles. The fourth-order valence-corrected chi connectivity index (χ4v) is 2.92. The van der Waals surface area contributed by atoms with Gasteiger partial charge in [0.25, 0.3) is 0 Å². The maximum absolute atomic E-state index is 11.8. The molecule has 0 spiro atoms. The largest absolute Gasteiger partial charge is 0.328 e. The van der Waals surface area contributed by atoms with Crippen molar-refractivity contribution in [3.05, 3.63) is 65.7 Å². The van der Waals surface area contributed by atoms with Crippen molar-refractivity contribution in [3.63, 3.8) is 0 Å². The number of hydrogen-bond acceptors (Lipinski definition) is 2. The zero-order valence-corrected chi connectivity index (χ0v) is 12.3. The van der Waals surface area contributed by atoms with Gasteiger partial charge < -0.3 is 4.52 Å². The lowest BCUT2D eigenvalue weighted by Crippen LogP contribution is -2.01. The fourth-order valence-electron chi connectivity index (χ4n) is 2.06. The summed E-state index contributed by atoms with van der Waals surface area (Å²) >= 11 is 0. The molecule has 0 aliphatic heterocycles. The van der Waals surface area contributed by atoms with Crippen molar-refractivity contribution < 1.29 is 9.09 Å². The van der Waals surface area contributed by atoms with Crippen LogP contribution in [0.25, 0.3) is 0 Å². The Morgan fingerprint density at radius 1 is 1.00 bits per heavy atom. The first-order chi connectivity index (χ1) is 9.22. The third-order valence-corrected chi connectivity index (χ3v) is 4.58. The van der Waals surface area contributed by atoms with E-state index in [1.165, 1.54) is 11.1 Å². The molecule has 0 N–H and O–H groups in total. The fraction of sp³-hybridized carbons (Fsp3) is 0.250. The minimum atomic E-state index is -2.07. The third kappa shape index (κ3) is 3.56. The van der Waals surface area contributed by atoms with E-state index in [0.717, 1.165) is 5.30 Å². The van der Waals surface area contributed by atoms with Crippen LogP contribution in [0.1, 0.15) is 30.9 Å². The van der Waals surface area contributed by atoms with Gasteiger partial charge >= 0.3 is 0 Å². The van der Waals surface area contributed by atoms with Crippen molar-refractivity contribution in [1.29, 1.82) is 0 Å². The van der Waals surface area contributed by atoms with Crippen molar-refractivity contribution in [2.24, 2.45) is 0 Å². The van der Waals surface area contributed by atoms with Gasteiger partial charge in [-0.05, 0) is 30.2 Å². The molecule has 0 radical (unpaired) electrons. The van der Waals surface area contributed by atoms with Gasteiger partial charge in [0.05, 0.1) is 6.61 Å². The molecule has 0 aromatic heterocycles. The Balaban J connectivity index is 2.16. The molecule has 0 saturated heterocycles. The van der Waals surface area contributed by atoms with Crippen LogP contribution in [0.3, 0.4) is 0 Å². The van der Waals surface area contributed by atoms with E-state index in [0.29, 0.717) is 12.5 Å². The Morgan fingerprint density at radius 3 is 2.16 bits per heavy atom. The first-order valence-electron chi connectivity index (χ1n) is 6.54. The average molecular weight is 274 g/mol. The van der Waals surface area contributed by atoms with Crippen molar-refractivity contribution in [2.75, 3.05) is 6.61 Å². The highest BCUT2D eigenvalue weighted by Gasteiger charge is 2.09. The molecule has 2 rings (SSSR count). The molecule has 0 bridgehead atoms. The van der Waals surface area contributed by atoms with Gasteiger partial charge in [-0.1, -0.05) is 49.4 Å². The Morgan fingerprint density at radius 2 is 1.58 bits per heavy atom. The summed E-state index contributed by atoms with van der Waals surface area (Å²) in [5.41, 5.74) is 2.51. The summed E-state index contributed by atoms with van der Waals surface area (Å²) in [5, 5.41) is 0.788. The second-order valence-corrected chi connectivity index (χ2v) is 5.92. The molecule has 19 heavy (non-hydrogen) atoms. The molecule has 2 nitrogen and oxygen atoms in total. The van der Waals surface area contributed by atoms with Gasteiger partial charge in [-0.15, -0.1) is 0 Å². The van der Waals surface area contributed by atoms with Gasteiger partial charge in [0, 0.05) is 11.2 Å². The minimum Gasteiger partial charge on any atom is -0.328 e. The van der Waals surface area contributed by atoms with E-state index in [2.05, 4.69) is 19.1 Å². The van der Waals surface area contributed by atoms with E-state index in [9.17, 15) is 4.57 Å². The number of rotatable bonds is 5. The lowest BCUT2D eigenvalue weighted by atomic mass is 9.93. The van der Waals surface area contributed by atoms with Gasteiger partial charge in [0.1, 0.15) is 0 Å². The Bertz CT molecular complexity index is 534. The number of hydrogen-bond donors (Lipinski definition) is 0. The molecule has 2 unspecified atom stereocenters. The standard InChI is InChI=1S/C16H19O2P/c1-3-18-19(17)16-11-9-15(10-12-16)13(2)14-7-5-4-6-8-14/h4-13,19H,3H2,1-2H3. The smallest absolute Gasteiger partial charge is 0.220 e. The second-order valence-electron chi connectivity index (χ2n) is 4.47. The highest BCUT2D eigenvalue weighted by Crippen LogP contribution is 2.26. The summed E-state index contributed by atoms with van der Waals surface area (Å²) < 4.78 is 16.9. The van der Waals surface area contributed by atoms with Crippen LogP contribution in [0.2, 0.25) is 0 Å².